The van der Waals surface area contributed by atoms with Gasteiger partial charge in [-0.25, -0.2) is 0 Å². The molecular weight excluding hydrogens is 328 g/mol. The first-order valence-corrected chi connectivity index (χ1v) is 8.62. The molecule has 26 heavy (non-hydrogen) atoms. The molecule has 3 aromatic rings. The van der Waals surface area contributed by atoms with Gasteiger partial charge in [-0.2, -0.15) is 5.10 Å². The lowest BCUT2D eigenvalue weighted by atomic mass is 10.1. The normalized spacial score (nSPS) is 11.0. The number of benzene rings is 2. The van der Waals surface area contributed by atoms with E-state index >= 15 is 0 Å². The highest BCUT2D eigenvalue weighted by Crippen LogP contribution is 2.09. The fourth-order valence-corrected chi connectivity index (χ4v) is 2.96. The molecule has 0 atom stereocenters. The molecule has 0 fully saturated rings. The SMILES string of the molecule is C[NH+](C)Cc1ccccc1CNC(=O)Cn1ncc(=O)c2ccccc21. The van der Waals surface area contributed by atoms with Crippen LogP contribution in [0.15, 0.2) is 59.5 Å². The highest BCUT2D eigenvalue weighted by Gasteiger charge is 2.10. The number of carbonyl (C=O) groups is 1. The molecule has 3 rings (SSSR count). The van der Waals surface area contributed by atoms with E-state index in [0.29, 0.717) is 17.4 Å². The smallest absolute Gasteiger partial charge is 0.242 e. The van der Waals surface area contributed by atoms with Crippen LogP contribution in [0, 0.1) is 0 Å². The van der Waals surface area contributed by atoms with E-state index in [9.17, 15) is 9.59 Å². The molecule has 0 saturated heterocycles. The summed E-state index contributed by atoms with van der Waals surface area (Å²) in [6.07, 6.45) is 1.25. The summed E-state index contributed by atoms with van der Waals surface area (Å²) < 4.78 is 1.56. The summed E-state index contributed by atoms with van der Waals surface area (Å²) in [4.78, 5) is 25.6. The van der Waals surface area contributed by atoms with Gasteiger partial charge in [0.25, 0.3) is 0 Å². The van der Waals surface area contributed by atoms with Crippen LogP contribution < -0.4 is 15.6 Å². The molecule has 2 N–H and O–H groups in total. The third-order valence-electron chi connectivity index (χ3n) is 4.19. The molecule has 0 unspecified atom stereocenters. The minimum absolute atomic E-state index is 0.0713. The largest absolute Gasteiger partial charge is 0.350 e. The number of carbonyl (C=O) groups excluding carboxylic acids is 1. The van der Waals surface area contributed by atoms with Gasteiger partial charge in [-0.1, -0.05) is 36.4 Å². The number of aromatic nitrogens is 2. The van der Waals surface area contributed by atoms with E-state index < -0.39 is 0 Å². The van der Waals surface area contributed by atoms with E-state index in [1.165, 1.54) is 16.7 Å². The molecule has 2 aromatic carbocycles. The fraction of sp³-hybridized carbons (Fsp3) is 0.250. The monoisotopic (exact) mass is 351 g/mol. The molecular formula is C20H23N4O2+. The van der Waals surface area contributed by atoms with Gasteiger partial charge in [0.2, 0.25) is 11.3 Å². The standard InChI is InChI=1S/C20H22N4O2/c1-23(2)13-16-8-4-3-7-15(16)11-21-20(26)14-24-18-10-6-5-9-17(18)19(25)12-22-24/h3-10,12H,11,13-14H2,1-2H3,(H,21,26)/p+1. The van der Waals surface area contributed by atoms with Crippen molar-refractivity contribution in [2.45, 2.75) is 19.6 Å². The van der Waals surface area contributed by atoms with Gasteiger partial charge in [0.05, 0.1) is 25.8 Å². The summed E-state index contributed by atoms with van der Waals surface area (Å²) in [5, 5.41) is 7.62. The van der Waals surface area contributed by atoms with Crippen molar-refractivity contribution >= 4 is 16.8 Å². The summed E-state index contributed by atoms with van der Waals surface area (Å²) in [7, 11) is 4.20. The van der Waals surface area contributed by atoms with E-state index in [1.807, 2.05) is 24.3 Å². The molecule has 1 aromatic heterocycles. The second-order valence-electron chi connectivity index (χ2n) is 6.61. The molecule has 1 amide bonds. The van der Waals surface area contributed by atoms with Gasteiger partial charge in [-0.15, -0.1) is 0 Å². The van der Waals surface area contributed by atoms with Crippen molar-refractivity contribution < 1.29 is 9.69 Å². The number of hydrogen-bond donors (Lipinski definition) is 2. The van der Waals surface area contributed by atoms with Crippen molar-refractivity contribution in [3.8, 4) is 0 Å². The number of nitrogens with zero attached hydrogens (tertiary/aromatic N) is 2. The first-order valence-electron chi connectivity index (χ1n) is 8.62. The lowest BCUT2D eigenvalue weighted by molar-refractivity contribution is -0.872. The van der Waals surface area contributed by atoms with E-state index in [4.69, 9.17) is 0 Å². The third kappa shape index (κ3) is 4.15. The highest BCUT2D eigenvalue weighted by atomic mass is 16.2. The van der Waals surface area contributed by atoms with E-state index in [1.54, 1.807) is 22.9 Å². The van der Waals surface area contributed by atoms with Crippen molar-refractivity contribution in [3.05, 3.63) is 76.1 Å². The average Bonchev–Trinajstić information content (AvgIpc) is 2.63. The average molecular weight is 351 g/mol. The van der Waals surface area contributed by atoms with Gasteiger partial charge in [0, 0.05) is 17.5 Å². The quantitative estimate of drug-likeness (QED) is 0.674. The number of rotatable bonds is 6. The Morgan fingerprint density at radius 3 is 2.54 bits per heavy atom. The maximum Gasteiger partial charge on any atom is 0.242 e. The molecule has 6 nitrogen and oxygen atoms in total. The Bertz CT molecular complexity index is 979. The summed E-state index contributed by atoms with van der Waals surface area (Å²) in [5.74, 6) is -0.140. The van der Waals surface area contributed by atoms with Crippen molar-refractivity contribution in [2.75, 3.05) is 14.1 Å². The van der Waals surface area contributed by atoms with Crippen molar-refractivity contribution in [2.24, 2.45) is 0 Å². The van der Waals surface area contributed by atoms with E-state index in [-0.39, 0.29) is 17.9 Å². The zero-order valence-electron chi connectivity index (χ0n) is 15.0. The summed E-state index contributed by atoms with van der Waals surface area (Å²) in [6.45, 7) is 1.44. The van der Waals surface area contributed by atoms with Crippen LogP contribution in [0.25, 0.3) is 10.9 Å². The minimum Gasteiger partial charge on any atom is -0.350 e. The minimum atomic E-state index is -0.141. The van der Waals surface area contributed by atoms with E-state index in [0.717, 1.165) is 12.1 Å². The van der Waals surface area contributed by atoms with Crippen LogP contribution in [-0.2, 0) is 24.4 Å². The van der Waals surface area contributed by atoms with Gasteiger partial charge in [0.15, 0.2) is 0 Å². The van der Waals surface area contributed by atoms with Gasteiger partial charge >= 0.3 is 0 Å². The Morgan fingerprint density at radius 1 is 1.08 bits per heavy atom. The van der Waals surface area contributed by atoms with Gasteiger partial charge in [0.1, 0.15) is 13.1 Å². The summed E-state index contributed by atoms with van der Waals surface area (Å²) >= 11 is 0. The zero-order valence-corrected chi connectivity index (χ0v) is 15.0. The molecule has 0 bridgehead atoms. The molecule has 6 heteroatoms. The van der Waals surface area contributed by atoms with Crippen LogP contribution in [0.1, 0.15) is 11.1 Å². The van der Waals surface area contributed by atoms with Gasteiger partial charge < -0.3 is 10.2 Å². The maximum atomic E-state index is 12.4. The first kappa shape index (κ1) is 17.8. The van der Waals surface area contributed by atoms with Crippen molar-refractivity contribution in [3.63, 3.8) is 0 Å². The highest BCUT2D eigenvalue weighted by molar-refractivity contribution is 5.81. The Morgan fingerprint density at radius 2 is 1.77 bits per heavy atom. The van der Waals surface area contributed by atoms with Gasteiger partial charge in [-0.05, 0) is 17.7 Å². The molecule has 1 heterocycles. The number of para-hydroxylation sites is 1. The Hall–Kier alpha value is -2.99. The number of fused-ring (bicyclic) bond motifs is 1. The first-order chi connectivity index (χ1) is 12.5. The number of hydrogen-bond acceptors (Lipinski definition) is 3. The number of nitrogens with one attached hydrogen (secondary N) is 2. The topological polar surface area (TPSA) is 68.4 Å². The molecule has 0 aliphatic heterocycles. The van der Waals surface area contributed by atoms with Crippen LogP contribution in [0.3, 0.4) is 0 Å². The van der Waals surface area contributed by atoms with Crippen molar-refractivity contribution in [1.82, 2.24) is 15.1 Å². The second-order valence-corrected chi connectivity index (χ2v) is 6.61. The predicted molar refractivity (Wildman–Crippen MR) is 101 cm³/mol. The Labute approximate surface area is 152 Å². The summed E-state index contributed by atoms with van der Waals surface area (Å²) in [5.41, 5.74) is 2.85. The maximum absolute atomic E-state index is 12.4. The van der Waals surface area contributed by atoms with Crippen LogP contribution in [-0.4, -0.2) is 29.8 Å². The Balaban J connectivity index is 1.71. The number of quaternary nitrogens is 1. The number of amides is 1. The van der Waals surface area contributed by atoms with Crippen LogP contribution >= 0.6 is 0 Å². The molecule has 0 aliphatic carbocycles. The lowest BCUT2D eigenvalue weighted by Gasteiger charge is -2.13. The van der Waals surface area contributed by atoms with E-state index in [2.05, 4.69) is 30.6 Å². The molecule has 0 saturated carbocycles. The lowest BCUT2D eigenvalue weighted by Crippen LogP contribution is -3.04. The fourth-order valence-electron chi connectivity index (χ4n) is 2.96. The van der Waals surface area contributed by atoms with Crippen LogP contribution in [0.2, 0.25) is 0 Å². The third-order valence-corrected chi connectivity index (χ3v) is 4.19. The second kappa shape index (κ2) is 7.93. The molecule has 134 valence electrons. The Kier molecular flexibility index (Phi) is 5.43. The molecule has 0 spiro atoms. The van der Waals surface area contributed by atoms with Crippen LogP contribution in [0.5, 0.6) is 0 Å². The molecule has 0 radical (unpaired) electrons. The van der Waals surface area contributed by atoms with Gasteiger partial charge in [-0.3, -0.25) is 14.3 Å². The van der Waals surface area contributed by atoms with Crippen LogP contribution in [0.4, 0.5) is 0 Å². The summed E-state index contributed by atoms with van der Waals surface area (Å²) in [6, 6.07) is 15.3. The molecule has 0 aliphatic rings. The predicted octanol–water partition coefficient (Wildman–Crippen LogP) is 0.357. The van der Waals surface area contributed by atoms with Crippen molar-refractivity contribution in [1.29, 1.82) is 0 Å². The zero-order chi connectivity index (χ0) is 18.5.